The molecule has 0 radical (unpaired) electrons. The average molecular weight is 259 g/mol. The molecule has 18 heavy (non-hydrogen) atoms. The molecule has 0 amide bonds. The van der Waals surface area contributed by atoms with Gasteiger partial charge in [0.15, 0.2) is 5.69 Å². The highest BCUT2D eigenvalue weighted by atomic mass is 19.4. The lowest BCUT2D eigenvalue weighted by atomic mass is 10.2. The van der Waals surface area contributed by atoms with E-state index in [2.05, 4.69) is 14.7 Å². The first kappa shape index (κ1) is 12.3. The van der Waals surface area contributed by atoms with Crippen LogP contribution in [-0.2, 0) is 10.9 Å². The molecule has 0 aliphatic carbocycles. The van der Waals surface area contributed by atoms with Crippen molar-refractivity contribution in [3.05, 3.63) is 29.8 Å². The summed E-state index contributed by atoms with van der Waals surface area (Å²) < 4.78 is 44.1. The van der Waals surface area contributed by atoms with E-state index in [0.29, 0.717) is 0 Å². The van der Waals surface area contributed by atoms with E-state index in [1.807, 2.05) is 0 Å². The second-order valence-corrected chi connectivity index (χ2v) is 3.36. The molecule has 0 aliphatic heterocycles. The quantitative estimate of drug-likeness (QED) is 0.773. The van der Waals surface area contributed by atoms with Gasteiger partial charge in [-0.2, -0.15) is 13.2 Å². The third-order valence-corrected chi connectivity index (χ3v) is 2.15. The summed E-state index contributed by atoms with van der Waals surface area (Å²) >= 11 is 0. The van der Waals surface area contributed by atoms with Gasteiger partial charge in [0.1, 0.15) is 5.56 Å². The van der Waals surface area contributed by atoms with E-state index in [0.717, 1.165) is 6.20 Å². The molecule has 0 saturated heterocycles. The van der Waals surface area contributed by atoms with Crippen molar-refractivity contribution in [3.8, 4) is 0 Å². The zero-order valence-corrected chi connectivity index (χ0v) is 9.23. The Morgan fingerprint density at radius 1 is 1.50 bits per heavy atom. The second-order valence-electron chi connectivity index (χ2n) is 3.36. The average Bonchev–Trinajstić information content (AvgIpc) is 2.73. The Morgan fingerprint density at radius 3 is 2.83 bits per heavy atom. The molecule has 2 heterocycles. The van der Waals surface area contributed by atoms with Gasteiger partial charge in [0.25, 0.3) is 0 Å². The summed E-state index contributed by atoms with van der Waals surface area (Å²) in [5.41, 5.74) is -1.92. The number of rotatable bonds is 2. The normalized spacial score (nSPS) is 11.8. The standard InChI is InChI=1S/C10H8F3N3O2/c1-2-18-8(17)6-5-16-4-3-14-9(16)15-7(6)10(11,12)13/h3-5H,2H2,1H3. The Hall–Kier alpha value is -2.12. The first-order chi connectivity index (χ1) is 8.43. The molecule has 5 nitrogen and oxygen atoms in total. The summed E-state index contributed by atoms with van der Waals surface area (Å²) in [5, 5.41) is 0. The molecule has 0 fully saturated rings. The number of carbonyl (C=O) groups is 1. The number of hydrogen-bond acceptors (Lipinski definition) is 4. The molecule has 8 heteroatoms. The number of imidazole rings is 1. The van der Waals surface area contributed by atoms with E-state index in [1.54, 1.807) is 0 Å². The fourth-order valence-electron chi connectivity index (χ4n) is 1.43. The number of alkyl halides is 3. The smallest absolute Gasteiger partial charge is 0.434 e. The topological polar surface area (TPSA) is 56.5 Å². The minimum Gasteiger partial charge on any atom is -0.462 e. The zero-order valence-electron chi connectivity index (χ0n) is 9.23. The van der Waals surface area contributed by atoms with Gasteiger partial charge in [-0.1, -0.05) is 0 Å². The minimum absolute atomic E-state index is 0.0158. The van der Waals surface area contributed by atoms with Gasteiger partial charge in [-0.15, -0.1) is 0 Å². The molecule has 0 saturated carbocycles. The number of fused-ring (bicyclic) bond motifs is 1. The van der Waals surface area contributed by atoms with E-state index in [4.69, 9.17) is 0 Å². The van der Waals surface area contributed by atoms with Crippen LogP contribution in [0.2, 0.25) is 0 Å². The van der Waals surface area contributed by atoms with E-state index in [9.17, 15) is 18.0 Å². The highest BCUT2D eigenvalue weighted by molar-refractivity contribution is 5.90. The van der Waals surface area contributed by atoms with Gasteiger partial charge in [0.2, 0.25) is 5.78 Å². The Kier molecular flexibility index (Phi) is 2.93. The number of carbonyl (C=O) groups excluding carboxylic acids is 1. The third-order valence-electron chi connectivity index (χ3n) is 2.15. The first-order valence-corrected chi connectivity index (χ1v) is 5.01. The molecular weight excluding hydrogens is 251 g/mol. The van der Waals surface area contributed by atoms with Crippen LogP contribution in [0.25, 0.3) is 5.78 Å². The van der Waals surface area contributed by atoms with Gasteiger partial charge < -0.3 is 4.74 Å². The SMILES string of the molecule is CCOC(=O)c1cn2ccnc2nc1C(F)(F)F. The van der Waals surface area contributed by atoms with Crippen molar-refractivity contribution in [2.24, 2.45) is 0 Å². The molecule has 0 bridgehead atoms. The lowest BCUT2D eigenvalue weighted by molar-refractivity contribution is -0.141. The van der Waals surface area contributed by atoms with Gasteiger partial charge in [-0.25, -0.2) is 14.8 Å². The summed E-state index contributed by atoms with van der Waals surface area (Å²) in [6.45, 7) is 1.49. The molecule has 0 atom stereocenters. The number of hydrogen-bond donors (Lipinski definition) is 0. The maximum absolute atomic E-state index is 12.8. The largest absolute Gasteiger partial charge is 0.462 e. The fraction of sp³-hybridized carbons (Fsp3) is 0.300. The van der Waals surface area contributed by atoms with Gasteiger partial charge in [0, 0.05) is 18.6 Å². The molecule has 0 aromatic carbocycles. The Morgan fingerprint density at radius 2 is 2.22 bits per heavy atom. The lowest BCUT2D eigenvalue weighted by Gasteiger charge is -2.11. The molecule has 2 aromatic heterocycles. The molecular formula is C10H8F3N3O2. The van der Waals surface area contributed by atoms with Crippen LogP contribution in [0.3, 0.4) is 0 Å². The Bertz CT molecular complexity index is 592. The molecule has 96 valence electrons. The summed E-state index contributed by atoms with van der Waals surface area (Å²) in [5.74, 6) is -1.19. The second kappa shape index (κ2) is 4.28. The van der Waals surface area contributed by atoms with Gasteiger partial charge in [-0.05, 0) is 6.92 Å². The first-order valence-electron chi connectivity index (χ1n) is 5.01. The van der Waals surface area contributed by atoms with Crippen LogP contribution in [-0.4, -0.2) is 26.9 Å². The van der Waals surface area contributed by atoms with Crippen LogP contribution >= 0.6 is 0 Å². The number of esters is 1. The van der Waals surface area contributed by atoms with Crippen molar-refractivity contribution < 1.29 is 22.7 Å². The maximum atomic E-state index is 12.8. The highest BCUT2D eigenvalue weighted by Gasteiger charge is 2.38. The maximum Gasteiger partial charge on any atom is 0.434 e. The van der Waals surface area contributed by atoms with Gasteiger partial charge >= 0.3 is 12.1 Å². The van der Waals surface area contributed by atoms with Crippen molar-refractivity contribution in [1.29, 1.82) is 0 Å². The number of halogens is 3. The number of ether oxygens (including phenoxy) is 1. The van der Waals surface area contributed by atoms with Crippen LogP contribution < -0.4 is 0 Å². The Balaban J connectivity index is 2.63. The van der Waals surface area contributed by atoms with E-state index in [-0.39, 0.29) is 12.4 Å². The summed E-state index contributed by atoms with van der Waals surface area (Å²) in [7, 11) is 0. The summed E-state index contributed by atoms with van der Waals surface area (Å²) in [6, 6.07) is 0. The Labute approximate surface area is 99.2 Å². The minimum atomic E-state index is -4.74. The molecule has 0 spiro atoms. The fourth-order valence-corrected chi connectivity index (χ4v) is 1.43. The molecule has 0 unspecified atom stereocenters. The van der Waals surface area contributed by atoms with Crippen molar-refractivity contribution >= 4 is 11.7 Å². The van der Waals surface area contributed by atoms with Crippen molar-refractivity contribution in [2.45, 2.75) is 13.1 Å². The van der Waals surface area contributed by atoms with Crippen LogP contribution in [0.1, 0.15) is 23.0 Å². The summed E-state index contributed by atoms with van der Waals surface area (Å²) in [6.07, 6.45) is -1.05. The van der Waals surface area contributed by atoms with Gasteiger partial charge in [0.05, 0.1) is 6.61 Å². The zero-order chi connectivity index (χ0) is 13.3. The lowest BCUT2D eigenvalue weighted by Crippen LogP contribution is -2.18. The third kappa shape index (κ3) is 2.13. The summed E-state index contributed by atoms with van der Waals surface area (Å²) in [4.78, 5) is 18.5. The van der Waals surface area contributed by atoms with E-state index < -0.39 is 23.4 Å². The van der Waals surface area contributed by atoms with Crippen LogP contribution in [0, 0.1) is 0 Å². The highest BCUT2D eigenvalue weighted by Crippen LogP contribution is 2.30. The predicted octanol–water partition coefficient (Wildman–Crippen LogP) is 1.92. The predicted molar refractivity (Wildman–Crippen MR) is 53.9 cm³/mol. The van der Waals surface area contributed by atoms with Crippen molar-refractivity contribution in [1.82, 2.24) is 14.4 Å². The number of nitrogens with zero attached hydrogens (tertiary/aromatic N) is 3. The van der Waals surface area contributed by atoms with Gasteiger partial charge in [-0.3, -0.25) is 4.40 Å². The van der Waals surface area contributed by atoms with E-state index >= 15 is 0 Å². The molecule has 0 N–H and O–H groups in total. The van der Waals surface area contributed by atoms with Crippen molar-refractivity contribution in [3.63, 3.8) is 0 Å². The van der Waals surface area contributed by atoms with Crippen LogP contribution in [0.5, 0.6) is 0 Å². The number of aromatic nitrogens is 3. The van der Waals surface area contributed by atoms with Crippen LogP contribution in [0.15, 0.2) is 18.6 Å². The van der Waals surface area contributed by atoms with Crippen LogP contribution in [0.4, 0.5) is 13.2 Å². The molecule has 2 aromatic rings. The monoisotopic (exact) mass is 259 g/mol. The van der Waals surface area contributed by atoms with E-state index in [1.165, 1.54) is 23.7 Å². The van der Waals surface area contributed by atoms with Crippen molar-refractivity contribution in [2.75, 3.05) is 6.61 Å². The molecule has 2 rings (SSSR count). The molecule has 0 aliphatic rings.